The summed E-state index contributed by atoms with van der Waals surface area (Å²) in [6, 6.07) is 9.71. The highest BCUT2D eigenvalue weighted by Crippen LogP contribution is 2.27. The first-order valence-electron chi connectivity index (χ1n) is 10.7. The third kappa shape index (κ3) is 4.47. The van der Waals surface area contributed by atoms with E-state index in [4.69, 9.17) is 0 Å². The van der Waals surface area contributed by atoms with Crippen LogP contribution in [-0.2, 0) is 11.3 Å². The summed E-state index contributed by atoms with van der Waals surface area (Å²) >= 11 is 0. The molecule has 1 saturated heterocycles. The Bertz CT molecular complexity index is 1140. The Morgan fingerprint density at radius 1 is 1.19 bits per heavy atom. The number of hydrogen-bond acceptors (Lipinski definition) is 5. The van der Waals surface area contributed by atoms with E-state index >= 15 is 0 Å². The van der Waals surface area contributed by atoms with Crippen LogP contribution in [0.5, 0.6) is 0 Å². The molecule has 1 aliphatic heterocycles. The van der Waals surface area contributed by atoms with Crippen LogP contribution < -0.4 is 5.32 Å². The van der Waals surface area contributed by atoms with Gasteiger partial charge in [-0.3, -0.25) is 18.9 Å². The van der Waals surface area contributed by atoms with Gasteiger partial charge in [0.25, 0.3) is 5.91 Å². The molecule has 0 spiro atoms. The first kappa shape index (κ1) is 21.9. The number of pyridine rings is 1. The van der Waals surface area contributed by atoms with Crippen molar-refractivity contribution in [2.75, 3.05) is 19.6 Å². The molecule has 32 heavy (non-hydrogen) atoms. The molecule has 0 aliphatic carbocycles. The Kier molecular flexibility index (Phi) is 6.18. The highest BCUT2D eigenvalue weighted by molar-refractivity contribution is 5.94. The zero-order valence-corrected chi connectivity index (χ0v) is 18.5. The predicted octanol–water partition coefficient (Wildman–Crippen LogP) is 2.41. The lowest BCUT2D eigenvalue weighted by molar-refractivity contribution is -0.132. The standard InChI is InChI=1S/C23H27FN6O2/c1-15(2)29-10-9-28(16(3)31)14-20(29)22-27-26-21-8-7-18(13-30(21)22)23(32)25-12-17-5-4-6-19(24)11-17/h4-8,11,13,15,20H,9-10,12,14H2,1-3H3,(H,25,32)/t20-/m1/s1. The maximum absolute atomic E-state index is 13.4. The highest BCUT2D eigenvalue weighted by atomic mass is 19.1. The molecule has 0 saturated carbocycles. The topological polar surface area (TPSA) is 82.8 Å². The number of nitrogens with zero attached hydrogens (tertiary/aromatic N) is 5. The van der Waals surface area contributed by atoms with Gasteiger partial charge in [-0.15, -0.1) is 10.2 Å². The number of piperazine rings is 1. The van der Waals surface area contributed by atoms with Gasteiger partial charge in [-0.1, -0.05) is 12.1 Å². The molecule has 8 nitrogen and oxygen atoms in total. The summed E-state index contributed by atoms with van der Waals surface area (Å²) in [7, 11) is 0. The van der Waals surface area contributed by atoms with Crippen LogP contribution in [0.15, 0.2) is 42.6 Å². The van der Waals surface area contributed by atoms with Gasteiger partial charge in [0.1, 0.15) is 5.82 Å². The largest absolute Gasteiger partial charge is 0.348 e. The zero-order valence-electron chi connectivity index (χ0n) is 18.5. The molecule has 1 N–H and O–H groups in total. The van der Waals surface area contributed by atoms with Gasteiger partial charge in [0, 0.05) is 45.3 Å². The van der Waals surface area contributed by atoms with Crippen LogP contribution in [0, 0.1) is 5.82 Å². The molecule has 2 amide bonds. The van der Waals surface area contributed by atoms with Crippen molar-refractivity contribution >= 4 is 17.5 Å². The van der Waals surface area contributed by atoms with E-state index in [0.29, 0.717) is 35.7 Å². The molecule has 168 valence electrons. The monoisotopic (exact) mass is 438 g/mol. The molecule has 0 radical (unpaired) electrons. The predicted molar refractivity (Wildman–Crippen MR) is 117 cm³/mol. The maximum Gasteiger partial charge on any atom is 0.253 e. The van der Waals surface area contributed by atoms with Crippen molar-refractivity contribution in [2.45, 2.75) is 39.4 Å². The Morgan fingerprint density at radius 2 is 2.00 bits per heavy atom. The van der Waals surface area contributed by atoms with E-state index in [1.54, 1.807) is 37.4 Å². The fourth-order valence-electron chi connectivity index (χ4n) is 4.13. The van der Waals surface area contributed by atoms with E-state index in [2.05, 4.69) is 34.3 Å². The molecular formula is C23H27FN6O2. The summed E-state index contributed by atoms with van der Waals surface area (Å²) in [6.07, 6.45) is 1.72. The summed E-state index contributed by atoms with van der Waals surface area (Å²) < 4.78 is 15.2. The normalized spacial score (nSPS) is 17.2. The maximum atomic E-state index is 13.4. The molecule has 0 unspecified atom stereocenters. The van der Waals surface area contributed by atoms with Gasteiger partial charge in [-0.05, 0) is 43.7 Å². The quantitative estimate of drug-likeness (QED) is 0.662. The van der Waals surface area contributed by atoms with Crippen LogP contribution in [-0.4, -0.2) is 61.9 Å². The van der Waals surface area contributed by atoms with E-state index in [1.165, 1.54) is 12.1 Å². The lowest BCUT2D eigenvalue weighted by Gasteiger charge is -2.42. The van der Waals surface area contributed by atoms with Gasteiger partial charge in [-0.2, -0.15) is 0 Å². The van der Waals surface area contributed by atoms with Crippen molar-refractivity contribution in [3.63, 3.8) is 0 Å². The van der Waals surface area contributed by atoms with Crippen LogP contribution >= 0.6 is 0 Å². The first-order valence-corrected chi connectivity index (χ1v) is 10.7. The van der Waals surface area contributed by atoms with Gasteiger partial charge in [-0.25, -0.2) is 4.39 Å². The number of aromatic nitrogens is 3. The lowest BCUT2D eigenvalue weighted by Crippen LogP contribution is -2.52. The van der Waals surface area contributed by atoms with Gasteiger partial charge in [0.2, 0.25) is 5.91 Å². The van der Waals surface area contributed by atoms with Crippen LogP contribution in [0.4, 0.5) is 4.39 Å². The summed E-state index contributed by atoms with van der Waals surface area (Å²) in [6.45, 7) is 7.96. The molecule has 1 atom stereocenters. The molecule has 2 aromatic heterocycles. The Hall–Kier alpha value is -3.33. The lowest BCUT2D eigenvalue weighted by atomic mass is 10.1. The van der Waals surface area contributed by atoms with Gasteiger partial charge in [0.15, 0.2) is 11.5 Å². The van der Waals surface area contributed by atoms with Gasteiger partial charge < -0.3 is 10.2 Å². The minimum Gasteiger partial charge on any atom is -0.348 e. The first-order chi connectivity index (χ1) is 15.3. The van der Waals surface area contributed by atoms with Crippen molar-refractivity contribution in [1.82, 2.24) is 29.7 Å². The summed E-state index contributed by atoms with van der Waals surface area (Å²) in [5.74, 6) is 0.115. The molecule has 1 fully saturated rings. The van der Waals surface area contributed by atoms with E-state index in [-0.39, 0.29) is 36.3 Å². The molecule has 4 rings (SSSR count). The SMILES string of the molecule is CC(=O)N1CCN(C(C)C)[C@@H](c2nnc3ccc(C(=O)NCc4cccc(F)c4)cn23)C1. The minimum atomic E-state index is -0.339. The van der Waals surface area contributed by atoms with Crippen molar-refractivity contribution in [1.29, 1.82) is 0 Å². The molecule has 3 heterocycles. The van der Waals surface area contributed by atoms with Gasteiger partial charge in [0.05, 0.1) is 11.6 Å². The number of benzene rings is 1. The van der Waals surface area contributed by atoms with Crippen LogP contribution in [0.25, 0.3) is 5.65 Å². The fourth-order valence-corrected chi connectivity index (χ4v) is 4.13. The highest BCUT2D eigenvalue weighted by Gasteiger charge is 2.34. The second-order valence-electron chi connectivity index (χ2n) is 8.33. The third-order valence-corrected chi connectivity index (χ3v) is 5.86. The molecule has 1 aliphatic rings. The average Bonchev–Trinajstić information content (AvgIpc) is 3.20. The molecular weight excluding hydrogens is 411 g/mol. The summed E-state index contributed by atoms with van der Waals surface area (Å²) in [4.78, 5) is 28.9. The van der Waals surface area contributed by atoms with E-state index < -0.39 is 0 Å². The number of nitrogens with one attached hydrogen (secondary N) is 1. The van der Waals surface area contributed by atoms with E-state index in [9.17, 15) is 14.0 Å². The Morgan fingerprint density at radius 3 is 2.72 bits per heavy atom. The van der Waals surface area contributed by atoms with Crippen LogP contribution in [0.2, 0.25) is 0 Å². The minimum absolute atomic E-state index is 0.0321. The smallest absolute Gasteiger partial charge is 0.253 e. The summed E-state index contributed by atoms with van der Waals surface area (Å²) in [5.41, 5.74) is 1.76. The number of hydrogen-bond donors (Lipinski definition) is 1. The number of amides is 2. The number of fused-ring (bicyclic) bond motifs is 1. The molecule has 3 aromatic rings. The van der Waals surface area contributed by atoms with Crippen LogP contribution in [0.1, 0.15) is 48.6 Å². The molecule has 0 bridgehead atoms. The number of halogens is 1. The Labute approximate surface area is 186 Å². The number of rotatable bonds is 5. The number of carbonyl (C=O) groups is 2. The van der Waals surface area contributed by atoms with Crippen LogP contribution in [0.3, 0.4) is 0 Å². The Balaban J connectivity index is 1.60. The zero-order chi connectivity index (χ0) is 22.8. The second-order valence-corrected chi connectivity index (χ2v) is 8.33. The second kappa shape index (κ2) is 9.04. The van der Waals surface area contributed by atoms with Crippen molar-refractivity contribution in [3.05, 3.63) is 65.4 Å². The molecule has 1 aromatic carbocycles. The number of carbonyl (C=O) groups excluding carboxylic acids is 2. The fraction of sp³-hybridized carbons (Fsp3) is 0.391. The van der Waals surface area contributed by atoms with E-state index in [0.717, 1.165) is 6.54 Å². The summed E-state index contributed by atoms with van der Waals surface area (Å²) in [5, 5.41) is 11.5. The van der Waals surface area contributed by atoms with E-state index in [1.807, 2.05) is 9.30 Å². The van der Waals surface area contributed by atoms with Crippen molar-refractivity contribution in [3.8, 4) is 0 Å². The molecule has 9 heteroatoms. The van der Waals surface area contributed by atoms with Crippen molar-refractivity contribution < 1.29 is 14.0 Å². The van der Waals surface area contributed by atoms with Gasteiger partial charge >= 0.3 is 0 Å². The third-order valence-electron chi connectivity index (χ3n) is 5.86. The average molecular weight is 439 g/mol. The van der Waals surface area contributed by atoms with Crippen molar-refractivity contribution in [2.24, 2.45) is 0 Å².